The van der Waals surface area contributed by atoms with Gasteiger partial charge in [-0.15, -0.1) is 0 Å². The van der Waals surface area contributed by atoms with Crippen molar-refractivity contribution in [2.45, 2.75) is 52.4 Å². The molecule has 0 aliphatic rings. The maximum Gasteiger partial charge on any atom is 0.305 e. The van der Waals surface area contributed by atoms with Gasteiger partial charge in [-0.2, -0.15) is 0 Å². The highest BCUT2D eigenvalue weighted by atomic mass is 16.6. The fourth-order valence-corrected chi connectivity index (χ4v) is 1.81. The summed E-state index contributed by atoms with van der Waals surface area (Å²) in [6.45, 7) is 9.14. The van der Waals surface area contributed by atoms with Crippen molar-refractivity contribution < 1.29 is 28.5 Å². The van der Waals surface area contributed by atoms with E-state index in [4.69, 9.17) is 23.7 Å². The van der Waals surface area contributed by atoms with Crippen LogP contribution in [0.3, 0.4) is 0 Å². The SMILES string of the molecule is CCCCCC(=O)OCCOCCOCCOCCOCCCC. The molecule has 0 fully saturated rings. The summed E-state index contributed by atoms with van der Waals surface area (Å²) in [5.41, 5.74) is 0. The average molecular weight is 348 g/mol. The number of carbonyl (C=O) groups excluding carboxylic acids is 1. The van der Waals surface area contributed by atoms with Crippen LogP contribution < -0.4 is 0 Å². The van der Waals surface area contributed by atoms with E-state index < -0.39 is 0 Å². The molecule has 0 aromatic carbocycles. The van der Waals surface area contributed by atoms with Gasteiger partial charge in [-0.05, 0) is 12.8 Å². The maximum absolute atomic E-state index is 11.3. The highest BCUT2D eigenvalue weighted by Gasteiger charge is 2.01. The van der Waals surface area contributed by atoms with E-state index >= 15 is 0 Å². The van der Waals surface area contributed by atoms with Crippen molar-refractivity contribution in [1.82, 2.24) is 0 Å². The van der Waals surface area contributed by atoms with Gasteiger partial charge in [0.15, 0.2) is 0 Å². The smallest absolute Gasteiger partial charge is 0.305 e. The van der Waals surface area contributed by atoms with Crippen molar-refractivity contribution in [2.24, 2.45) is 0 Å². The standard InChI is InChI=1S/C18H36O6/c1-3-5-7-8-18(19)24-17-16-23-15-14-22-13-12-21-11-10-20-9-6-4-2/h3-17H2,1-2H3. The summed E-state index contributed by atoms with van der Waals surface area (Å²) in [6.07, 6.45) is 5.82. The van der Waals surface area contributed by atoms with Crippen molar-refractivity contribution in [2.75, 3.05) is 59.5 Å². The minimum Gasteiger partial charge on any atom is -0.463 e. The molecule has 24 heavy (non-hydrogen) atoms. The number of hydrogen-bond acceptors (Lipinski definition) is 6. The Kier molecular flexibility index (Phi) is 19.8. The quantitative estimate of drug-likeness (QED) is 0.264. The van der Waals surface area contributed by atoms with Crippen LogP contribution in [0.15, 0.2) is 0 Å². The lowest BCUT2D eigenvalue weighted by Gasteiger charge is -2.08. The molecule has 0 atom stereocenters. The Morgan fingerprint density at radius 3 is 1.54 bits per heavy atom. The summed E-state index contributed by atoms with van der Waals surface area (Å²) < 4.78 is 26.5. The first-order chi connectivity index (χ1) is 11.8. The first kappa shape index (κ1) is 23.3. The fourth-order valence-electron chi connectivity index (χ4n) is 1.81. The van der Waals surface area contributed by atoms with Crippen LogP contribution in [-0.4, -0.2) is 65.4 Å². The number of esters is 1. The van der Waals surface area contributed by atoms with E-state index in [0.717, 1.165) is 38.7 Å². The summed E-state index contributed by atoms with van der Waals surface area (Å²) in [7, 11) is 0. The van der Waals surface area contributed by atoms with Gasteiger partial charge in [0, 0.05) is 13.0 Å². The molecule has 0 heterocycles. The predicted molar refractivity (Wildman–Crippen MR) is 93.3 cm³/mol. The van der Waals surface area contributed by atoms with Gasteiger partial charge in [0.05, 0.1) is 46.2 Å². The van der Waals surface area contributed by atoms with E-state index in [0.29, 0.717) is 59.3 Å². The van der Waals surface area contributed by atoms with Crippen LogP contribution in [0.25, 0.3) is 0 Å². The van der Waals surface area contributed by atoms with Gasteiger partial charge in [0.2, 0.25) is 0 Å². The molecule has 144 valence electrons. The van der Waals surface area contributed by atoms with Crippen molar-refractivity contribution in [3.05, 3.63) is 0 Å². The fraction of sp³-hybridized carbons (Fsp3) is 0.944. The molecule has 0 aromatic rings. The highest BCUT2D eigenvalue weighted by Crippen LogP contribution is 2.00. The zero-order valence-electron chi connectivity index (χ0n) is 15.6. The molecular formula is C18H36O6. The lowest BCUT2D eigenvalue weighted by Crippen LogP contribution is -2.14. The molecule has 0 bridgehead atoms. The molecule has 0 unspecified atom stereocenters. The Morgan fingerprint density at radius 2 is 1.04 bits per heavy atom. The van der Waals surface area contributed by atoms with E-state index in [1.807, 2.05) is 0 Å². The zero-order valence-corrected chi connectivity index (χ0v) is 15.6. The third kappa shape index (κ3) is 19.4. The number of carbonyl (C=O) groups is 1. The van der Waals surface area contributed by atoms with E-state index in [1.54, 1.807) is 0 Å². The monoisotopic (exact) mass is 348 g/mol. The minimum atomic E-state index is -0.140. The first-order valence-corrected chi connectivity index (χ1v) is 9.27. The summed E-state index contributed by atoms with van der Waals surface area (Å²) in [5.74, 6) is -0.140. The van der Waals surface area contributed by atoms with Gasteiger partial charge in [0.1, 0.15) is 6.61 Å². The summed E-state index contributed by atoms with van der Waals surface area (Å²) in [4.78, 5) is 11.3. The highest BCUT2D eigenvalue weighted by molar-refractivity contribution is 5.69. The second-order valence-corrected chi connectivity index (χ2v) is 5.48. The Labute approximate surface area is 147 Å². The maximum atomic E-state index is 11.3. The van der Waals surface area contributed by atoms with Gasteiger partial charge < -0.3 is 23.7 Å². The van der Waals surface area contributed by atoms with Crippen LogP contribution in [0.5, 0.6) is 0 Å². The largest absolute Gasteiger partial charge is 0.463 e. The Morgan fingerprint density at radius 1 is 0.583 bits per heavy atom. The molecule has 6 heteroatoms. The molecule has 0 N–H and O–H groups in total. The van der Waals surface area contributed by atoms with Crippen LogP contribution in [-0.2, 0) is 28.5 Å². The molecule has 0 radical (unpaired) electrons. The summed E-state index contributed by atoms with van der Waals surface area (Å²) >= 11 is 0. The molecule has 0 aromatic heterocycles. The van der Waals surface area contributed by atoms with E-state index in [9.17, 15) is 4.79 Å². The molecule has 0 spiro atoms. The Bertz CT molecular complexity index is 260. The van der Waals surface area contributed by atoms with Crippen molar-refractivity contribution in [1.29, 1.82) is 0 Å². The van der Waals surface area contributed by atoms with E-state index in [2.05, 4.69) is 13.8 Å². The van der Waals surface area contributed by atoms with Crippen LogP contribution in [0.2, 0.25) is 0 Å². The first-order valence-electron chi connectivity index (χ1n) is 9.27. The van der Waals surface area contributed by atoms with E-state index in [-0.39, 0.29) is 5.97 Å². The second-order valence-electron chi connectivity index (χ2n) is 5.48. The van der Waals surface area contributed by atoms with Crippen LogP contribution >= 0.6 is 0 Å². The number of hydrogen-bond donors (Lipinski definition) is 0. The Hall–Kier alpha value is -0.690. The number of unbranched alkanes of at least 4 members (excludes halogenated alkanes) is 3. The molecule has 0 amide bonds. The van der Waals surface area contributed by atoms with Crippen molar-refractivity contribution in [3.8, 4) is 0 Å². The van der Waals surface area contributed by atoms with Gasteiger partial charge in [-0.1, -0.05) is 33.1 Å². The molecule has 0 saturated carbocycles. The van der Waals surface area contributed by atoms with Crippen LogP contribution in [0, 0.1) is 0 Å². The van der Waals surface area contributed by atoms with Gasteiger partial charge in [-0.25, -0.2) is 0 Å². The lowest BCUT2D eigenvalue weighted by molar-refractivity contribution is -0.145. The molecule has 0 saturated heterocycles. The summed E-state index contributed by atoms with van der Waals surface area (Å²) in [6, 6.07) is 0. The van der Waals surface area contributed by atoms with Crippen molar-refractivity contribution >= 4 is 5.97 Å². The molecular weight excluding hydrogens is 312 g/mol. The summed E-state index contributed by atoms with van der Waals surface area (Å²) in [5, 5.41) is 0. The number of ether oxygens (including phenoxy) is 5. The molecule has 0 aliphatic carbocycles. The molecule has 0 rings (SSSR count). The normalized spacial score (nSPS) is 10.9. The zero-order chi connectivity index (χ0) is 17.7. The van der Waals surface area contributed by atoms with Crippen LogP contribution in [0.1, 0.15) is 52.4 Å². The van der Waals surface area contributed by atoms with Gasteiger partial charge in [-0.3, -0.25) is 4.79 Å². The van der Waals surface area contributed by atoms with Crippen LogP contribution in [0.4, 0.5) is 0 Å². The number of rotatable bonds is 19. The minimum absolute atomic E-state index is 0.140. The Balaban J connectivity index is 3.06. The van der Waals surface area contributed by atoms with Gasteiger partial charge >= 0.3 is 5.97 Å². The predicted octanol–water partition coefficient (Wildman–Crippen LogP) is 2.98. The lowest BCUT2D eigenvalue weighted by atomic mass is 10.2. The third-order valence-electron chi connectivity index (χ3n) is 3.23. The molecule has 6 nitrogen and oxygen atoms in total. The molecule has 0 aliphatic heterocycles. The topological polar surface area (TPSA) is 63.2 Å². The van der Waals surface area contributed by atoms with E-state index in [1.165, 1.54) is 0 Å². The average Bonchev–Trinajstić information content (AvgIpc) is 2.58. The second kappa shape index (κ2) is 20.4. The van der Waals surface area contributed by atoms with Crippen molar-refractivity contribution in [3.63, 3.8) is 0 Å². The van der Waals surface area contributed by atoms with Gasteiger partial charge in [0.25, 0.3) is 0 Å². The third-order valence-corrected chi connectivity index (χ3v) is 3.23.